The molecule has 0 fully saturated rings. The lowest BCUT2D eigenvalue weighted by molar-refractivity contribution is 0.585. The second-order valence-corrected chi connectivity index (χ2v) is 5.11. The number of unbranched alkanes of at least 4 members (excludes halogenated alkanes) is 11. The van der Waals surface area contributed by atoms with Crippen LogP contribution in [0, 0.1) is 11.8 Å². The number of rotatable bonds is 12. The molecule has 0 spiro atoms. The maximum absolute atomic E-state index is 3.75. The Kier molecular flexibility index (Phi) is 15.7. The zero-order chi connectivity index (χ0) is 13.3. The fourth-order valence-electron chi connectivity index (χ4n) is 2.03. The first kappa shape index (κ1) is 17.3. The van der Waals surface area contributed by atoms with Gasteiger partial charge in [-0.25, -0.2) is 0 Å². The number of allylic oxidation sites excluding steroid dienone is 1. The summed E-state index contributed by atoms with van der Waals surface area (Å²) in [6.45, 7) is 5.99. The highest BCUT2D eigenvalue weighted by Gasteiger charge is 1.90. The number of hydrogen-bond donors (Lipinski definition) is 0. The topological polar surface area (TPSA) is 0 Å². The van der Waals surface area contributed by atoms with Crippen molar-refractivity contribution in [1.29, 1.82) is 0 Å². The second kappa shape index (κ2) is 16.3. The summed E-state index contributed by atoms with van der Waals surface area (Å²) in [6, 6.07) is 0. The molecular formula is C18H32. The molecule has 0 aromatic heterocycles. The van der Waals surface area contributed by atoms with Crippen molar-refractivity contribution in [2.24, 2.45) is 0 Å². The van der Waals surface area contributed by atoms with E-state index in [2.05, 4.69) is 25.3 Å². The molecule has 0 atom stereocenters. The smallest absolute Gasteiger partial charge is 0.00886 e. The van der Waals surface area contributed by atoms with Gasteiger partial charge in [-0.05, 0) is 25.7 Å². The van der Waals surface area contributed by atoms with E-state index >= 15 is 0 Å². The summed E-state index contributed by atoms with van der Waals surface area (Å²) in [7, 11) is 0. The summed E-state index contributed by atoms with van der Waals surface area (Å²) in [6.07, 6.45) is 18.9. The molecule has 0 heterocycles. The lowest BCUT2D eigenvalue weighted by Crippen LogP contribution is -1.80. The normalized spacial score (nSPS) is 9.83. The van der Waals surface area contributed by atoms with Crippen LogP contribution in [0.25, 0.3) is 0 Å². The van der Waals surface area contributed by atoms with Crippen molar-refractivity contribution in [3.63, 3.8) is 0 Å². The molecule has 0 nitrogen and oxygen atoms in total. The van der Waals surface area contributed by atoms with Crippen LogP contribution in [0.2, 0.25) is 0 Å². The minimum Gasteiger partial charge on any atom is -0.103 e. The summed E-state index contributed by atoms with van der Waals surface area (Å²) in [4.78, 5) is 0. The van der Waals surface area contributed by atoms with Crippen molar-refractivity contribution in [1.82, 2.24) is 0 Å². The van der Waals surface area contributed by atoms with Crippen LogP contribution in [0.1, 0.15) is 90.4 Å². The van der Waals surface area contributed by atoms with Crippen LogP contribution in [0.4, 0.5) is 0 Å². The molecule has 0 aliphatic rings. The van der Waals surface area contributed by atoms with E-state index in [4.69, 9.17) is 0 Å². The van der Waals surface area contributed by atoms with Gasteiger partial charge in [-0.1, -0.05) is 57.9 Å². The average Bonchev–Trinajstić information content (AvgIpc) is 2.39. The van der Waals surface area contributed by atoms with Crippen LogP contribution in [0.3, 0.4) is 0 Å². The number of hydrogen-bond acceptors (Lipinski definition) is 0. The first-order valence-corrected chi connectivity index (χ1v) is 7.98. The quantitative estimate of drug-likeness (QED) is 0.217. The largest absolute Gasteiger partial charge is 0.103 e. The fraction of sp³-hybridized carbons (Fsp3) is 0.778. The third-order valence-electron chi connectivity index (χ3n) is 3.24. The molecule has 0 rings (SSSR count). The van der Waals surface area contributed by atoms with Gasteiger partial charge in [-0.2, -0.15) is 0 Å². The van der Waals surface area contributed by atoms with Gasteiger partial charge in [-0.15, -0.1) is 18.4 Å². The molecule has 0 saturated carbocycles. The van der Waals surface area contributed by atoms with E-state index in [1.54, 1.807) is 0 Å². The second-order valence-electron chi connectivity index (χ2n) is 5.11. The van der Waals surface area contributed by atoms with Gasteiger partial charge in [0.05, 0.1) is 0 Å². The minimum atomic E-state index is 1.11. The lowest BCUT2D eigenvalue weighted by Gasteiger charge is -1.99. The third kappa shape index (κ3) is 15.3. The molecule has 0 aliphatic carbocycles. The first-order valence-electron chi connectivity index (χ1n) is 7.98. The molecular weight excluding hydrogens is 216 g/mol. The van der Waals surface area contributed by atoms with Crippen LogP contribution in [0.15, 0.2) is 12.7 Å². The van der Waals surface area contributed by atoms with Crippen molar-refractivity contribution in [3.05, 3.63) is 12.7 Å². The summed E-state index contributed by atoms with van der Waals surface area (Å²) >= 11 is 0. The van der Waals surface area contributed by atoms with Gasteiger partial charge in [0.15, 0.2) is 0 Å². The van der Waals surface area contributed by atoms with E-state index in [-0.39, 0.29) is 0 Å². The summed E-state index contributed by atoms with van der Waals surface area (Å²) in [5, 5.41) is 0. The third-order valence-corrected chi connectivity index (χ3v) is 3.24. The zero-order valence-electron chi connectivity index (χ0n) is 12.5. The van der Waals surface area contributed by atoms with Crippen LogP contribution in [-0.4, -0.2) is 0 Å². The zero-order valence-corrected chi connectivity index (χ0v) is 12.5. The van der Waals surface area contributed by atoms with E-state index in [0.29, 0.717) is 0 Å². The fourth-order valence-corrected chi connectivity index (χ4v) is 2.03. The van der Waals surface area contributed by atoms with Crippen LogP contribution in [-0.2, 0) is 0 Å². The highest BCUT2D eigenvalue weighted by Crippen LogP contribution is 2.09. The summed E-state index contributed by atoms with van der Waals surface area (Å²) < 4.78 is 0. The molecule has 0 amide bonds. The van der Waals surface area contributed by atoms with E-state index in [1.165, 1.54) is 70.6 Å². The Hall–Kier alpha value is -0.700. The van der Waals surface area contributed by atoms with Gasteiger partial charge < -0.3 is 0 Å². The molecule has 0 N–H and O–H groups in total. The predicted octanol–water partition coefficient (Wildman–Crippen LogP) is 6.27. The highest BCUT2D eigenvalue weighted by molar-refractivity contribution is 4.98. The van der Waals surface area contributed by atoms with Crippen molar-refractivity contribution >= 4 is 0 Å². The Morgan fingerprint density at radius 1 is 0.722 bits per heavy atom. The van der Waals surface area contributed by atoms with Gasteiger partial charge >= 0.3 is 0 Å². The van der Waals surface area contributed by atoms with E-state index in [0.717, 1.165) is 12.8 Å². The molecule has 0 aromatic carbocycles. The van der Waals surface area contributed by atoms with Crippen LogP contribution in [0.5, 0.6) is 0 Å². The Morgan fingerprint density at radius 2 is 1.22 bits per heavy atom. The molecule has 0 radical (unpaired) electrons. The Labute approximate surface area is 115 Å². The first-order chi connectivity index (χ1) is 8.91. The van der Waals surface area contributed by atoms with Gasteiger partial charge in [0.1, 0.15) is 0 Å². The molecule has 0 saturated heterocycles. The van der Waals surface area contributed by atoms with E-state index in [9.17, 15) is 0 Å². The van der Waals surface area contributed by atoms with E-state index < -0.39 is 0 Å². The van der Waals surface area contributed by atoms with Crippen LogP contribution >= 0.6 is 0 Å². The summed E-state index contributed by atoms with van der Waals surface area (Å²) in [5.41, 5.74) is 0. The molecule has 0 heteroatoms. The Bertz CT molecular complexity index is 216. The van der Waals surface area contributed by atoms with Crippen molar-refractivity contribution in [2.75, 3.05) is 0 Å². The van der Waals surface area contributed by atoms with Crippen molar-refractivity contribution in [2.45, 2.75) is 90.4 Å². The molecule has 0 aromatic rings. The van der Waals surface area contributed by atoms with Crippen molar-refractivity contribution in [3.8, 4) is 11.8 Å². The van der Waals surface area contributed by atoms with Gasteiger partial charge in [-0.3, -0.25) is 0 Å². The van der Waals surface area contributed by atoms with Crippen LogP contribution < -0.4 is 0 Å². The van der Waals surface area contributed by atoms with Gasteiger partial charge in [0.25, 0.3) is 0 Å². The standard InChI is InChI=1S/C18H32/c1-3-5-7-9-11-13-15-17-18-16-14-12-10-8-6-4-2/h3H,1,4-11,13,15-18H2,2H3. The lowest BCUT2D eigenvalue weighted by atomic mass is 10.1. The van der Waals surface area contributed by atoms with E-state index in [1.807, 2.05) is 6.08 Å². The van der Waals surface area contributed by atoms with Crippen molar-refractivity contribution < 1.29 is 0 Å². The molecule has 0 aliphatic heterocycles. The Morgan fingerprint density at radius 3 is 1.78 bits per heavy atom. The van der Waals surface area contributed by atoms with Gasteiger partial charge in [0.2, 0.25) is 0 Å². The molecule has 18 heavy (non-hydrogen) atoms. The SMILES string of the molecule is C=CCCCCCCCCCC#CCCCCC. The average molecular weight is 248 g/mol. The predicted molar refractivity (Wildman–Crippen MR) is 83.7 cm³/mol. The maximum atomic E-state index is 3.75. The Balaban J connectivity index is 3.04. The van der Waals surface area contributed by atoms with Gasteiger partial charge in [0, 0.05) is 12.8 Å². The highest BCUT2D eigenvalue weighted by atomic mass is 14.0. The minimum absolute atomic E-state index is 1.11. The maximum Gasteiger partial charge on any atom is 0.00886 e. The monoisotopic (exact) mass is 248 g/mol. The molecule has 0 unspecified atom stereocenters. The molecule has 104 valence electrons. The molecule has 0 bridgehead atoms. The summed E-state index contributed by atoms with van der Waals surface area (Å²) in [5.74, 6) is 6.59.